The Morgan fingerprint density at radius 2 is 2.07 bits per heavy atom. The van der Waals surface area contributed by atoms with E-state index in [9.17, 15) is 4.91 Å². The largest absolute Gasteiger partial charge is 0.260 e. The molecule has 1 aromatic rings. The number of rotatable bonds is 2. The molecule has 0 spiro atoms. The summed E-state index contributed by atoms with van der Waals surface area (Å²) in [6.07, 6.45) is 1.02. The molecule has 4 heteroatoms. The molecule has 0 aliphatic carbocycles. The number of hydrogen-bond acceptors (Lipinski definition) is 2. The Kier molecular flexibility index (Phi) is 2.82. The van der Waals surface area contributed by atoms with E-state index in [1.807, 2.05) is 12.1 Å². The average molecular weight is 255 g/mol. The highest BCUT2D eigenvalue weighted by molar-refractivity contribution is 9.10. The van der Waals surface area contributed by atoms with Gasteiger partial charge in [0.05, 0.1) is 5.29 Å². The van der Waals surface area contributed by atoms with Gasteiger partial charge in [-0.3, -0.25) is 5.01 Å². The fourth-order valence-electron chi connectivity index (χ4n) is 1.82. The summed E-state index contributed by atoms with van der Waals surface area (Å²) in [6.45, 7) is 1.54. The molecule has 0 aromatic heterocycles. The second-order valence-electron chi connectivity index (χ2n) is 3.53. The van der Waals surface area contributed by atoms with Crippen LogP contribution in [0.2, 0.25) is 0 Å². The van der Waals surface area contributed by atoms with Crippen molar-refractivity contribution in [2.75, 3.05) is 13.1 Å². The molecule has 1 aliphatic rings. The Hall–Kier alpha value is -0.900. The van der Waals surface area contributed by atoms with Crippen LogP contribution in [0.25, 0.3) is 0 Å². The van der Waals surface area contributed by atoms with Gasteiger partial charge in [0.25, 0.3) is 0 Å². The lowest BCUT2D eigenvalue weighted by atomic mass is 9.99. The first-order valence-corrected chi connectivity index (χ1v) is 5.42. The predicted octanol–water partition coefficient (Wildman–Crippen LogP) is 2.92. The van der Waals surface area contributed by atoms with Crippen LogP contribution < -0.4 is 0 Å². The highest BCUT2D eigenvalue weighted by atomic mass is 79.9. The van der Waals surface area contributed by atoms with Gasteiger partial charge in [0.2, 0.25) is 0 Å². The van der Waals surface area contributed by atoms with Crippen LogP contribution in [0.3, 0.4) is 0 Å². The van der Waals surface area contributed by atoms with Crippen molar-refractivity contribution in [3.05, 3.63) is 39.2 Å². The van der Waals surface area contributed by atoms with Gasteiger partial charge in [0.15, 0.2) is 0 Å². The van der Waals surface area contributed by atoms with E-state index in [1.54, 1.807) is 5.01 Å². The van der Waals surface area contributed by atoms with Gasteiger partial charge < -0.3 is 0 Å². The Bertz CT molecular complexity index is 325. The van der Waals surface area contributed by atoms with E-state index >= 15 is 0 Å². The van der Waals surface area contributed by atoms with Gasteiger partial charge in [-0.1, -0.05) is 28.1 Å². The van der Waals surface area contributed by atoms with Crippen molar-refractivity contribution < 1.29 is 0 Å². The van der Waals surface area contributed by atoms with Crippen LogP contribution in [-0.2, 0) is 0 Å². The van der Waals surface area contributed by atoms with Crippen LogP contribution in [-0.4, -0.2) is 18.1 Å². The Morgan fingerprint density at radius 1 is 1.36 bits per heavy atom. The molecule has 0 saturated carbocycles. The van der Waals surface area contributed by atoms with Gasteiger partial charge in [-0.25, -0.2) is 0 Å². The third-order valence-corrected chi connectivity index (χ3v) is 3.15. The molecule has 0 bridgehead atoms. The predicted molar refractivity (Wildman–Crippen MR) is 58.9 cm³/mol. The number of benzene rings is 1. The van der Waals surface area contributed by atoms with Gasteiger partial charge in [-0.05, 0) is 24.1 Å². The maximum Gasteiger partial charge on any atom is 0.0524 e. The molecule has 1 aromatic carbocycles. The maximum absolute atomic E-state index is 10.3. The highest BCUT2D eigenvalue weighted by Gasteiger charge is 2.23. The third kappa shape index (κ3) is 1.95. The topological polar surface area (TPSA) is 32.7 Å². The van der Waals surface area contributed by atoms with E-state index in [2.05, 4.69) is 33.3 Å². The minimum Gasteiger partial charge on any atom is -0.260 e. The highest BCUT2D eigenvalue weighted by Crippen LogP contribution is 2.27. The lowest BCUT2D eigenvalue weighted by molar-refractivity contribution is 0.350. The normalized spacial score (nSPS) is 21.2. The Morgan fingerprint density at radius 3 is 2.64 bits per heavy atom. The molecule has 1 aliphatic heterocycles. The fourth-order valence-corrected chi connectivity index (χ4v) is 2.09. The van der Waals surface area contributed by atoms with E-state index in [4.69, 9.17) is 0 Å². The van der Waals surface area contributed by atoms with E-state index in [-0.39, 0.29) is 0 Å². The number of nitroso groups, excluding NO2 is 1. The van der Waals surface area contributed by atoms with Crippen LogP contribution >= 0.6 is 15.9 Å². The molecule has 2 rings (SSSR count). The zero-order chi connectivity index (χ0) is 9.97. The summed E-state index contributed by atoms with van der Waals surface area (Å²) in [7, 11) is 0. The standard InChI is InChI=1S/C10H11BrN2O/c11-10-3-1-8(2-4-10)9-5-6-13(7-9)12-14/h1-4,9H,5-7H2. The summed E-state index contributed by atoms with van der Waals surface area (Å²) in [5.74, 6) is 0.459. The fraction of sp³-hybridized carbons (Fsp3) is 0.400. The van der Waals surface area contributed by atoms with E-state index in [0.29, 0.717) is 5.92 Å². The molecule has 1 heterocycles. The molecule has 1 saturated heterocycles. The lowest BCUT2D eigenvalue weighted by Crippen LogP contribution is -2.11. The lowest BCUT2D eigenvalue weighted by Gasteiger charge is -2.09. The van der Waals surface area contributed by atoms with E-state index < -0.39 is 0 Å². The van der Waals surface area contributed by atoms with Crippen molar-refractivity contribution in [2.24, 2.45) is 5.29 Å². The number of hydrogen-bond donors (Lipinski definition) is 0. The van der Waals surface area contributed by atoms with Crippen molar-refractivity contribution in [3.63, 3.8) is 0 Å². The summed E-state index contributed by atoms with van der Waals surface area (Å²) < 4.78 is 1.09. The van der Waals surface area contributed by atoms with Crippen LogP contribution in [0.4, 0.5) is 0 Å². The quantitative estimate of drug-likeness (QED) is 0.761. The SMILES string of the molecule is O=NN1CCC(c2ccc(Br)cc2)C1. The van der Waals surface area contributed by atoms with Crippen molar-refractivity contribution in [2.45, 2.75) is 12.3 Å². The summed E-state index contributed by atoms with van der Waals surface area (Å²) in [4.78, 5) is 10.3. The summed E-state index contributed by atoms with van der Waals surface area (Å²) in [5.41, 5.74) is 1.29. The van der Waals surface area contributed by atoms with E-state index in [1.165, 1.54) is 5.56 Å². The second-order valence-corrected chi connectivity index (χ2v) is 4.45. The van der Waals surface area contributed by atoms with Crippen molar-refractivity contribution in [1.82, 2.24) is 5.01 Å². The second kappa shape index (κ2) is 4.09. The molecule has 1 atom stereocenters. The molecular weight excluding hydrogens is 244 g/mol. The zero-order valence-corrected chi connectivity index (χ0v) is 9.27. The van der Waals surface area contributed by atoms with Crippen LogP contribution in [0.1, 0.15) is 17.9 Å². The first kappa shape index (κ1) is 9.65. The molecule has 74 valence electrons. The summed E-state index contributed by atoms with van der Waals surface area (Å²) >= 11 is 3.40. The molecule has 3 nitrogen and oxygen atoms in total. The van der Waals surface area contributed by atoms with Gasteiger partial charge in [-0.15, -0.1) is 4.91 Å². The average Bonchev–Trinajstić information content (AvgIpc) is 2.67. The van der Waals surface area contributed by atoms with Crippen LogP contribution in [0.15, 0.2) is 34.0 Å². The zero-order valence-electron chi connectivity index (χ0n) is 7.69. The summed E-state index contributed by atoms with van der Waals surface area (Å²) in [5, 5.41) is 4.54. The molecule has 0 radical (unpaired) electrons. The molecule has 0 amide bonds. The van der Waals surface area contributed by atoms with Crippen LogP contribution in [0, 0.1) is 4.91 Å². The third-order valence-electron chi connectivity index (χ3n) is 2.62. The minimum absolute atomic E-state index is 0.459. The monoisotopic (exact) mass is 254 g/mol. The maximum atomic E-state index is 10.3. The molecule has 0 N–H and O–H groups in total. The summed E-state index contributed by atoms with van der Waals surface area (Å²) in [6, 6.07) is 8.27. The number of halogens is 1. The molecule has 1 unspecified atom stereocenters. The molecule has 14 heavy (non-hydrogen) atoms. The van der Waals surface area contributed by atoms with Gasteiger partial charge in [-0.2, -0.15) is 0 Å². The van der Waals surface area contributed by atoms with Gasteiger partial charge in [0.1, 0.15) is 0 Å². The molecule has 1 fully saturated rings. The van der Waals surface area contributed by atoms with Crippen molar-refractivity contribution >= 4 is 15.9 Å². The molecular formula is C10H11BrN2O. The van der Waals surface area contributed by atoms with Crippen molar-refractivity contribution in [1.29, 1.82) is 0 Å². The number of nitrogens with zero attached hydrogens (tertiary/aromatic N) is 2. The van der Waals surface area contributed by atoms with Gasteiger partial charge >= 0.3 is 0 Å². The van der Waals surface area contributed by atoms with Crippen LogP contribution in [0.5, 0.6) is 0 Å². The first-order valence-electron chi connectivity index (χ1n) is 4.63. The van der Waals surface area contributed by atoms with E-state index in [0.717, 1.165) is 24.0 Å². The Labute approximate surface area is 91.2 Å². The Balaban J connectivity index is 2.09. The minimum atomic E-state index is 0.459. The smallest absolute Gasteiger partial charge is 0.0524 e. The van der Waals surface area contributed by atoms with Gasteiger partial charge in [0, 0.05) is 23.5 Å². The first-order chi connectivity index (χ1) is 6.79. The van der Waals surface area contributed by atoms with Crippen molar-refractivity contribution in [3.8, 4) is 0 Å².